The Kier molecular flexibility index (Phi) is 6.17. The topological polar surface area (TPSA) is 101 Å². The first-order valence-electron chi connectivity index (χ1n) is 10.4. The summed E-state index contributed by atoms with van der Waals surface area (Å²) in [7, 11) is 1.85. The van der Waals surface area contributed by atoms with Gasteiger partial charge in [0.05, 0.1) is 11.9 Å². The minimum Gasteiger partial charge on any atom is -0.338 e. The zero-order valence-electron chi connectivity index (χ0n) is 18.6. The van der Waals surface area contributed by atoms with Crippen molar-refractivity contribution in [3.8, 4) is 11.1 Å². The van der Waals surface area contributed by atoms with E-state index in [1.54, 1.807) is 41.3 Å². The van der Waals surface area contributed by atoms with Gasteiger partial charge in [-0.15, -0.1) is 0 Å². The molecule has 8 heteroatoms. The van der Waals surface area contributed by atoms with Crippen molar-refractivity contribution in [1.29, 1.82) is 0 Å². The molecule has 33 heavy (non-hydrogen) atoms. The van der Waals surface area contributed by atoms with Gasteiger partial charge in [0.15, 0.2) is 5.82 Å². The number of rotatable bonds is 6. The molecule has 3 N–H and O–H groups in total. The summed E-state index contributed by atoms with van der Waals surface area (Å²) < 4.78 is 1.71. The molecule has 0 atom stereocenters. The number of nitrogens with zero attached hydrogens (tertiary/aromatic N) is 3. The summed E-state index contributed by atoms with van der Waals surface area (Å²) >= 11 is 0. The first-order chi connectivity index (χ1) is 15.9. The molecular weight excluding hydrogens is 416 g/mol. The summed E-state index contributed by atoms with van der Waals surface area (Å²) in [4.78, 5) is 28.8. The van der Waals surface area contributed by atoms with Gasteiger partial charge in [0.25, 0.3) is 5.91 Å². The van der Waals surface area contributed by atoms with Crippen LogP contribution in [0, 0.1) is 6.92 Å². The predicted molar refractivity (Wildman–Crippen MR) is 130 cm³/mol. The number of benzene rings is 2. The Morgan fingerprint density at radius 1 is 0.909 bits per heavy atom. The van der Waals surface area contributed by atoms with Crippen LogP contribution in [0.25, 0.3) is 11.1 Å². The monoisotopic (exact) mass is 440 g/mol. The number of anilines is 4. The van der Waals surface area contributed by atoms with E-state index in [4.69, 9.17) is 0 Å². The molecule has 2 amide bonds. The molecule has 8 nitrogen and oxygen atoms in total. The summed E-state index contributed by atoms with van der Waals surface area (Å²) in [5, 5.41) is 13.2. The molecule has 2 aromatic carbocycles. The highest BCUT2D eigenvalue weighted by atomic mass is 16.2. The third-order valence-electron chi connectivity index (χ3n) is 5.04. The molecule has 0 aliphatic rings. The summed E-state index contributed by atoms with van der Waals surface area (Å²) in [6.45, 7) is 3.44. The molecule has 4 aromatic rings. The Morgan fingerprint density at radius 2 is 1.67 bits per heavy atom. The molecule has 2 aromatic heterocycles. The van der Waals surface area contributed by atoms with Crippen LogP contribution in [-0.2, 0) is 11.8 Å². The number of amides is 2. The molecule has 0 aliphatic heterocycles. The van der Waals surface area contributed by atoms with Crippen molar-refractivity contribution in [2.75, 3.05) is 16.0 Å². The summed E-state index contributed by atoms with van der Waals surface area (Å²) in [6.07, 6.45) is 5.38. The van der Waals surface area contributed by atoms with Gasteiger partial charge in [-0.2, -0.15) is 5.10 Å². The second-order valence-electron chi connectivity index (χ2n) is 7.68. The molecule has 0 spiro atoms. The lowest BCUT2D eigenvalue weighted by molar-refractivity contribution is -0.114. The number of aryl methyl sites for hydroxylation is 2. The molecule has 0 saturated heterocycles. The number of hydrogen-bond acceptors (Lipinski definition) is 5. The van der Waals surface area contributed by atoms with Gasteiger partial charge in [0.1, 0.15) is 0 Å². The summed E-state index contributed by atoms with van der Waals surface area (Å²) in [5.74, 6) is 0.0694. The van der Waals surface area contributed by atoms with Crippen LogP contribution in [0.1, 0.15) is 22.8 Å². The smallest absolute Gasteiger partial charge is 0.255 e. The molecule has 2 heterocycles. The lowest BCUT2D eigenvalue weighted by Gasteiger charge is -2.15. The second kappa shape index (κ2) is 9.35. The van der Waals surface area contributed by atoms with Crippen molar-refractivity contribution in [3.63, 3.8) is 0 Å². The average Bonchev–Trinajstić information content (AvgIpc) is 3.23. The number of hydrogen-bond donors (Lipinski definition) is 3. The molecule has 0 radical (unpaired) electrons. The van der Waals surface area contributed by atoms with E-state index in [9.17, 15) is 9.59 Å². The van der Waals surface area contributed by atoms with Gasteiger partial charge < -0.3 is 16.0 Å². The Morgan fingerprint density at radius 3 is 2.33 bits per heavy atom. The standard InChI is InChI=1S/C25H24N6O2/c1-16-6-4-5-7-22(16)29-24-23(12-19(13-26-24)20-14-27-31(3)15-20)30-25(33)18-8-10-21(11-9-18)28-17(2)32/h4-15H,1-3H3,(H,26,29)(H,28,32)(H,30,33). The lowest BCUT2D eigenvalue weighted by Crippen LogP contribution is -2.14. The fourth-order valence-electron chi connectivity index (χ4n) is 3.33. The maximum Gasteiger partial charge on any atom is 0.255 e. The number of nitrogens with one attached hydrogen (secondary N) is 3. The molecule has 0 fully saturated rings. The van der Waals surface area contributed by atoms with Gasteiger partial charge in [-0.1, -0.05) is 18.2 Å². The number of aromatic nitrogens is 3. The third kappa shape index (κ3) is 5.24. The summed E-state index contributed by atoms with van der Waals surface area (Å²) in [6, 6.07) is 16.4. The van der Waals surface area contributed by atoms with E-state index in [0.29, 0.717) is 22.8 Å². The first-order valence-corrected chi connectivity index (χ1v) is 10.4. The normalized spacial score (nSPS) is 10.5. The first kappa shape index (κ1) is 21.8. The van der Waals surface area contributed by atoms with E-state index in [1.165, 1.54) is 6.92 Å². The van der Waals surface area contributed by atoms with E-state index in [-0.39, 0.29) is 11.8 Å². The maximum absolute atomic E-state index is 13.0. The van der Waals surface area contributed by atoms with Crippen LogP contribution >= 0.6 is 0 Å². The van der Waals surface area contributed by atoms with Crippen LogP contribution in [0.3, 0.4) is 0 Å². The highest BCUT2D eigenvalue weighted by Crippen LogP contribution is 2.30. The van der Waals surface area contributed by atoms with Crippen LogP contribution in [0.4, 0.5) is 22.9 Å². The number of para-hydroxylation sites is 1. The lowest BCUT2D eigenvalue weighted by atomic mass is 10.1. The van der Waals surface area contributed by atoms with Crippen molar-refractivity contribution in [1.82, 2.24) is 14.8 Å². The molecule has 166 valence electrons. The number of pyridine rings is 1. The van der Waals surface area contributed by atoms with Crippen molar-refractivity contribution in [2.45, 2.75) is 13.8 Å². The van der Waals surface area contributed by atoms with E-state index in [2.05, 4.69) is 26.0 Å². The Balaban J connectivity index is 1.65. The Hall–Kier alpha value is -4.46. The molecule has 0 saturated carbocycles. The highest BCUT2D eigenvalue weighted by molar-refractivity contribution is 6.06. The Labute approximate surface area is 191 Å². The minimum atomic E-state index is -0.289. The molecule has 4 rings (SSSR count). The van der Waals surface area contributed by atoms with Gasteiger partial charge >= 0.3 is 0 Å². The third-order valence-corrected chi connectivity index (χ3v) is 5.04. The van der Waals surface area contributed by atoms with E-state index in [1.807, 2.05) is 50.5 Å². The van der Waals surface area contributed by atoms with Crippen LogP contribution in [0.2, 0.25) is 0 Å². The van der Waals surface area contributed by atoms with Crippen molar-refractivity contribution in [2.24, 2.45) is 7.05 Å². The quantitative estimate of drug-likeness (QED) is 0.402. The molecule has 0 unspecified atom stereocenters. The molecule has 0 bridgehead atoms. The van der Waals surface area contributed by atoms with Crippen molar-refractivity contribution < 1.29 is 9.59 Å². The minimum absolute atomic E-state index is 0.169. The number of carbonyl (C=O) groups excluding carboxylic acids is 2. The van der Waals surface area contributed by atoms with Crippen LogP contribution < -0.4 is 16.0 Å². The predicted octanol–water partition coefficient (Wildman–Crippen LogP) is 4.74. The Bertz CT molecular complexity index is 1310. The van der Waals surface area contributed by atoms with E-state index in [0.717, 1.165) is 22.4 Å². The van der Waals surface area contributed by atoms with Crippen LogP contribution in [0.5, 0.6) is 0 Å². The van der Waals surface area contributed by atoms with Crippen LogP contribution in [0.15, 0.2) is 73.2 Å². The molecule has 0 aliphatic carbocycles. The van der Waals surface area contributed by atoms with Gasteiger partial charge in [-0.3, -0.25) is 14.3 Å². The largest absolute Gasteiger partial charge is 0.338 e. The zero-order valence-corrected chi connectivity index (χ0v) is 18.6. The fourth-order valence-corrected chi connectivity index (χ4v) is 3.33. The van der Waals surface area contributed by atoms with Crippen LogP contribution in [-0.4, -0.2) is 26.6 Å². The maximum atomic E-state index is 13.0. The van der Waals surface area contributed by atoms with Gasteiger partial charge in [-0.25, -0.2) is 4.98 Å². The number of carbonyl (C=O) groups is 2. The zero-order chi connectivity index (χ0) is 23.4. The molecular formula is C25H24N6O2. The summed E-state index contributed by atoms with van der Waals surface area (Å²) in [5.41, 5.74) is 5.29. The van der Waals surface area contributed by atoms with Gasteiger partial charge in [-0.05, 0) is 48.9 Å². The SMILES string of the molecule is CC(=O)Nc1ccc(C(=O)Nc2cc(-c3cnn(C)c3)cnc2Nc2ccccc2C)cc1. The van der Waals surface area contributed by atoms with Gasteiger partial charge in [0, 0.05) is 54.4 Å². The second-order valence-corrected chi connectivity index (χ2v) is 7.68. The van der Waals surface area contributed by atoms with E-state index >= 15 is 0 Å². The van der Waals surface area contributed by atoms with Crippen molar-refractivity contribution >= 4 is 34.7 Å². The average molecular weight is 441 g/mol. The van der Waals surface area contributed by atoms with E-state index < -0.39 is 0 Å². The van der Waals surface area contributed by atoms with Crippen molar-refractivity contribution in [3.05, 3.63) is 84.3 Å². The fraction of sp³-hybridized carbons (Fsp3) is 0.120. The highest BCUT2D eigenvalue weighted by Gasteiger charge is 2.14. The van der Waals surface area contributed by atoms with Gasteiger partial charge in [0.2, 0.25) is 5.91 Å².